The van der Waals surface area contributed by atoms with Gasteiger partial charge in [-0.2, -0.15) is 0 Å². The van der Waals surface area contributed by atoms with Gasteiger partial charge >= 0.3 is 11.9 Å². The number of aliphatic carboxylic acids is 1. The third-order valence-electron chi connectivity index (χ3n) is 3.94. The maximum Gasteiger partial charge on any atom is 0.326 e. The molecule has 0 spiro atoms. The van der Waals surface area contributed by atoms with Crippen LogP contribution in [0.1, 0.15) is 79.1 Å². The fraction of sp³-hybridized carbons (Fsp3) is 0.889. The van der Waals surface area contributed by atoms with Gasteiger partial charge in [-0.15, -0.1) is 11.6 Å². The van der Waals surface area contributed by atoms with E-state index in [-0.39, 0.29) is 24.3 Å². The van der Waals surface area contributed by atoms with E-state index >= 15 is 0 Å². The highest BCUT2D eigenvalue weighted by molar-refractivity contribution is 6.33. The first kappa shape index (κ1) is 27.3. The van der Waals surface area contributed by atoms with E-state index in [1.807, 2.05) is 0 Å². The van der Waals surface area contributed by atoms with Gasteiger partial charge in [0.25, 0.3) is 0 Å². The standard InChI is InChI=1S/C9H15ClO2.C5H10O.C4H9NO2.H3N/c1-9(2,10)8(11)12-7-5-3-4-6-7;6-5-3-1-2-4-5;1-4(2,5)3(6)7;/h7H,3-6H2,1-2H3;5-6H,1-4H2;5H2,1-2H3,(H,6,7);1H3. The number of carbonyl (C=O) groups is 2. The second kappa shape index (κ2) is 12.5. The Morgan fingerprint density at radius 2 is 1.35 bits per heavy atom. The van der Waals surface area contributed by atoms with Crippen LogP contribution in [0.25, 0.3) is 0 Å². The Labute approximate surface area is 162 Å². The number of carboxylic acids is 1. The van der Waals surface area contributed by atoms with E-state index in [9.17, 15) is 9.59 Å². The van der Waals surface area contributed by atoms with E-state index in [2.05, 4.69) is 0 Å². The van der Waals surface area contributed by atoms with Gasteiger partial charge in [-0.3, -0.25) is 9.59 Å². The van der Waals surface area contributed by atoms with Crippen LogP contribution in [0.4, 0.5) is 0 Å². The zero-order valence-corrected chi connectivity index (χ0v) is 17.3. The molecule has 2 aliphatic carbocycles. The van der Waals surface area contributed by atoms with Crippen LogP contribution in [-0.2, 0) is 14.3 Å². The van der Waals surface area contributed by atoms with Gasteiger partial charge in [0.15, 0.2) is 0 Å². The highest BCUT2D eigenvalue weighted by atomic mass is 35.5. The first-order valence-electron chi connectivity index (χ1n) is 8.94. The fourth-order valence-corrected chi connectivity index (χ4v) is 2.25. The predicted octanol–water partition coefficient (Wildman–Crippen LogP) is 3.38. The third kappa shape index (κ3) is 13.3. The number of halogens is 1. The number of carboxylic acid groups (broad SMARTS) is 1. The Bertz CT molecular complexity index is 407. The molecule has 0 bridgehead atoms. The summed E-state index contributed by atoms with van der Waals surface area (Å²) in [6, 6.07) is 0. The average molecular weight is 397 g/mol. The summed E-state index contributed by atoms with van der Waals surface area (Å²) in [5, 5.41) is 16.9. The Morgan fingerprint density at radius 3 is 1.58 bits per heavy atom. The molecule has 0 unspecified atom stereocenters. The Kier molecular flexibility index (Phi) is 13.1. The zero-order chi connectivity index (χ0) is 19.7. The lowest BCUT2D eigenvalue weighted by atomic mass is 10.1. The summed E-state index contributed by atoms with van der Waals surface area (Å²) in [5.74, 6) is -1.27. The molecule has 2 aliphatic rings. The van der Waals surface area contributed by atoms with Crippen LogP contribution < -0.4 is 11.9 Å². The van der Waals surface area contributed by atoms with Crippen molar-refractivity contribution in [2.24, 2.45) is 5.73 Å². The van der Waals surface area contributed by atoms with Crippen LogP contribution in [0.5, 0.6) is 0 Å². The molecule has 7 N–H and O–H groups in total. The molecule has 26 heavy (non-hydrogen) atoms. The van der Waals surface area contributed by atoms with Gasteiger partial charge in [0.05, 0.1) is 6.10 Å². The molecular weight excluding hydrogens is 360 g/mol. The molecule has 0 aromatic rings. The van der Waals surface area contributed by atoms with Crippen molar-refractivity contribution in [3.8, 4) is 0 Å². The maximum atomic E-state index is 11.3. The minimum atomic E-state index is -1.08. The van der Waals surface area contributed by atoms with Crippen molar-refractivity contribution < 1.29 is 24.5 Å². The summed E-state index contributed by atoms with van der Waals surface area (Å²) in [6.07, 6.45) is 9.06. The molecule has 7 nitrogen and oxygen atoms in total. The molecule has 2 rings (SSSR count). The highest BCUT2D eigenvalue weighted by Crippen LogP contribution is 2.24. The molecule has 0 aromatic carbocycles. The lowest BCUT2D eigenvalue weighted by Gasteiger charge is -2.18. The molecule has 0 heterocycles. The summed E-state index contributed by atoms with van der Waals surface area (Å²) < 4.78 is 5.20. The van der Waals surface area contributed by atoms with Crippen LogP contribution in [0.15, 0.2) is 0 Å². The van der Waals surface area contributed by atoms with Crippen LogP contribution in [0.3, 0.4) is 0 Å². The second-order valence-electron chi connectivity index (χ2n) is 7.75. The van der Waals surface area contributed by atoms with Crippen molar-refractivity contribution in [2.45, 2.75) is 102 Å². The van der Waals surface area contributed by atoms with Gasteiger partial charge < -0.3 is 26.8 Å². The van der Waals surface area contributed by atoms with E-state index in [1.165, 1.54) is 39.5 Å². The van der Waals surface area contributed by atoms with Crippen molar-refractivity contribution >= 4 is 23.5 Å². The summed E-state index contributed by atoms with van der Waals surface area (Å²) in [6.45, 7) is 6.20. The van der Waals surface area contributed by atoms with E-state index in [0.717, 1.165) is 25.7 Å². The van der Waals surface area contributed by atoms with Gasteiger partial charge in [0.1, 0.15) is 16.5 Å². The van der Waals surface area contributed by atoms with Crippen LogP contribution in [-0.4, -0.2) is 44.8 Å². The summed E-state index contributed by atoms with van der Waals surface area (Å²) in [4.78, 5) is 20.3. The predicted molar refractivity (Wildman–Crippen MR) is 104 cm³/mol. The number of esters is 1. The molecule has 156 valence electrons. The van der Waals surface area contributed by atoms with Crippen LogP contribution in [0, 0.1) is 0 Å². The molecule has 0 aliphatic heterocycles. The highest BCUT2D eigenvalue weighted by Gasteiger charge is 2.29. The van der Waals surface area contributed by atoms with E-state index < -0.39 is 16.4 Å². The van der Waals surface area contributed by atoms with Crippen molar-refractivity contribution in [3.05, 3.63) is 0 Å². The lowest BCUT2D eigenvalue weighted by Crippen LogP contribution is -2.41. The molecule has 2 fully saturated rings. The maximum absolute atomic E-state index is 11.3. The summed E-state index contributed by atoms with van der Waals surface area (Å²) in [7, 11) is 0. The number of carbonyl (C=O) groups excluding carboxylic acids is 1. The van der Waals surface area contributed by atoms with E-state index in [0.29, 0.717) is 0 Å². The third-order valence-corrected chi connectivity index (χ3v) is 4.09. The monoisotopic (exact) mass is 396 g/mol. The summed E-state index contributed by atoms with van der Waals surface area (Å²) in [5.41, 5.74) is 4.00. The van der Waals surface area contributed by atoms with Gasteiger partial charge in [-0.25, -0.2) is 0 Å². The van der Waals surface area contributed by atoms with Crippen LogP contribution >= 0.6 is 11.6 Å². The number of rotatable bonds is 3. The Balaban J connectivity index is 0. The molecule has 0 aromatic heterocycles. The number of hydrogen-bond donors (Lipinski definition) is 4. The zero-order valence-electron chi connectivity index (χ0n) is 16.6. The number of nitrogens with two attached hydrogens (primary N) is 1. The largest absolute Gasteiger partial charge is 0.480 e. The van der Waals surface area contributed by atoms with Gasteiger partial charge in [0, 0.05) is 0 Å². The first-order chi connectivity index (χ1) is 11.3. The SMILES string of the molecule is CC(C)(Cl)C(=O)OC1CCCC1.CC(C)(N)C(=O)O.N.OC1CCCC1. The van der Waals surface area contributed by atoms with E-state index in [4.69, 9.17) is 32.3 Å². The fourth-order valence-electron chi connectivity index (χ4n) is 2.20. The smallest absolute Gasteiger partial charge is 0.326 e. The number of ether oxygens (including phenoxy) is 1. The van der Waals surface area contributed by atoms with Crippen molar-refractivity contribution in [3.63, 3.8) is 0 Å². The molecule has 2 saturated carbocycles. The number of aliphatic hydroxyl groups is 1. The molecule has 0 amide bonds. The minimum Gasteiger partial charge on any atom is -0.480 e. The Hall–Kier alpha value is -0.890. The second-order valence-corrected chi connectivity index (χ2v) is 8.69. The minimum absolute atomic E-state index is 0. The number of hydrogen-bond acceptors (Lipinski definition) is 6. The van der Waals surface area contributed by atoms with Crippen LogP contribution in [0.2, 0.25) is 0 Å². The van der Waals surface area contributed by atoms with Gasteiger partial charge in [0.2, 0.25) is 0 Å². The molecule has 0 radical (unpaired) electrons. The first-order valence-corrected chi connectivity index (χ1v) is 9.32. The number of aliphatic hydroxyl groups excluding tert-OH is 1. The molecular formula is C18H37ClN2O5. The van der Waals surface area contributed by atoms with Crippen molar-refractivity contribution in [1.29, 1.82) is 0 Å². The van der Waals surface area contributed by atoms with Crippen molar-refractivity contribution in [2.75, 3.05) is 0 Å². The normalized spacial score (nSPS) is 18.0. The lowest BCUT2D eigenvalue weighted by molar-refractivity contribution is -0.151. The van der Waals surface area contributed by atoms with Crippen molar-refractivity contribution in [1.82, 2.24) is 6.15 Å². The molecule has 0 saturated heterocycles. The Morgan fingerprint density at radius 1 is 1.00 bits per heavy atom. The topological polar surface area (TPSA) is 145 Å². The summed E-state index contributed by atoms with van der Waals surface area (Å²) >= 11 is 5.79. The van der Waals surface area contributed by atoms with Gasteiger partial charge in [-0.1, -0.05) is 12.8 Å². The number of alkyl halides is 1. The molecule has 0 atom stereocenters. The molecule has 8 heteroatoms. The van der Waals surface area contributed by atoms with Gasteiger partial charge in [-0.05, 0) is 66.2 Å². The average Bonchev–Trinajstić information content (AvgIpc) is 3.11. The quantitative estimate of drug-likeness (QED) is 0.422. The van der Waals surface area contributed by atoms with E-state index in [1.54, 1.807) is 13.8 Å².